The lowest BCUT2D eigenvalue weighted by atomic mass is 10.2. The highest BCUT2D eigenvalue weighted by Gasteiger charge is 2.28. The molecule has 0 N–H and O–H groups in total. The van der Waals surface area contributed by atoms with E-state index in [1.807, 2.05) is 48.2 Å². The van der Waals surface area contributed by atoms with Crippen molar-refractivity contribution in [2.24, 2.45) is 4.99 Å². The van der Waals surface area contributed by atoms with E-state index in [0.29, 0.717) is 6.42 Å². The van der Waals surface area contributed by atoms with Crippen molar-refractivity contribution < 1.29 is 0 Å². The van der Waals surface area contributed by atoms with Gasteiger partial charge in [-0.3, -0.25) is 4.90 Å². The summed E-state index contributed by atoms with van der Waals surface area (Å²) in [4.78, 5) is 13.1. The fraction of sp³-hybridized carbons (Fsp3) is 0.267. The summed E-state index contributed by atoms with van der Waals surface area (Å²) in [5, 5.41) is 9.94. The van der Waals surface area contributed by atoms with Crippen molar-refractivity contribution >= 4 is 32.6 Å². The topological polar surface area (TPSA) is 55.5 Å². The van der Waals surface area contributed by atoms with Gasteiger partial charge in [0.15, 0.2) is 5.13 Å². The number of fused-ring (bicyclic) bond motifs is 1. The number of aromatic nitrogens is 1. The third-order valence-electron chi connectivity index (χ3n) is 3.23. The lowest BCUT2D eigenvalue weighted by Crippen LogP contribution is -2.47. The number of hydrogen-bond acceptors (Lipinski definition) is 6. The number of anilines is 1. The van der Waals surface area contributed by atoms with Crippen LogP contribution in [0.4, 0.5) is 5.13 Å². The molecule has 0 spiro atoms. The fourth-order valence-corrected chi connectivity index (χ4v) is 3.30. The highest BCUT2D eigenvalue weighted by molar-refractivity contribution is 7.22. The molecular formula is C15H15N5S. The van der Waals surface area contributed by atoms with E-state index >= 15 is 0 Å². The lowest BCUT2D eigenvalue weighted by molar-refractivity contribution is 0.587. The number of nitrogens with zero attached hydrogens (tertiary/aromatic N) is 5. The van der Waals surface area contributed by atoms with Crippen molar-refractivity contribution in [3.8, 4) is 6.07 Å². The number of hydrogen-bond donors (Lipinski definition) is 0. The maximum absolute atomic E-state index is 9.07. The van der Waals surface area contributed by atoms with Gasteiger partial charge >= 0.3 is 0 Å². The average molecular weight is 297 g/mol. The van der Waals surface area contributed by atoms with Crippen LogP contribution >= 0.6 is 11.3 Å². The van der Waals surface area contributed by atoms with E-state index in [0.717, 1.165) is 21.3 Å². The van der Waals surface area contributed by atoms with E-state index in [1.54, 1.807) is 17.5 Å². The number of thiazole rings is 1. The quantitative estimate of drug-likeness (QED) is 0.855. The van der Waals surface area contributed by atoms with Crippen molar-refractivity contribution in [2.45, 2.75) is 12.5 Å². The predicted molar refractivity (Wildman–Crippen MR) is 86.4 cm³/mol. The minimum Gasteiger partial charge on any atom is -0.348 e. The van der Waals surface area contributed by atoms with Gasteiger partial charge in [-0.1, -0.05) is 23.5 Å². The summed E-state index contributed by atoms with van der Waals surface area (Å²) in [6.07, 6.45) is 4.11. The number of nitriles is 1. The van der Waals surface area contributed by atoms with Gasteiger partial charge in [0, 0.05) is 20.3 Å². The molecule has 0 amide bonds. The molecule has 5 nitrogen and oxygen atoms in total. The van der Waals surface area contributed by atoms with Crippen LogP contribution in [0.2, 0.25) is 0 Å². The molecule has 1 aliphatic rings. The zero-order valence-electron chi connectivity index (χ0n) is 11.9. The van der Waals surface area contributed by atoms with E-state index in [2.05, 4.69) is 17.1 Å². The minimum absolute atomic E-state index is 0.0366. The van der Waals surface area contributed by atoms with Crippen LogP contribution in [0.15, 0.2) is 41.5 Å². The highest BCUT2D eigenvalue weighted by Crippen LogP contribution is 2.32. The molecule has 0 fully saturated rings. The standard InChI is InChI=1S/C15H15N5S/c1-19(2)14-17-10-8-11(7-9-16)20(14)15-18-12-5-3-4-6-13(12)21-15/h3-6,8,10-11H,7H2,1-2H3. The average Bonchev–Trinajstić information content (AvgIpc) is 2.90. The van der Waals surface area contributed by atoms with Crippen molar-refractivity contribution in [1.29, 1.82) is 5.26 Å². The first-order valence-electron chi connectivity index (χ1n) is 6.64. The largest absolute Gasteiger partial charge is 0.348 e. The Balaban J connectivity index is 2.08. The van der Waals surface area contributed by atoms with Crippen molar-refractivity contribution in [3.05, 3.63) is 36.5 Å². The molecule has 1 atom stereocenters. The summed E-state index contributed by atoms with van der Waals surface area (Å²) in [6, 6.07) is 10.3. The van der Waals surface area contributed by atoms with Crippen LogP contribution in [0, 0.1) is 11.3 Å². The maximum Gasteiger partial charge on any atom is 0.207 e. The Morgan fingerprint density at radius 1 is 1.38 bits per heavy atom. The monoisotopic (exact) mass is 297 g/mol. The van der Waals surface area contributed by atoms with Crippen LogP contribution in [0.25, 0.3) is 10.2 Å². The Bertz CT molecular complexity index is 720. The van der Waals surface area contributed by atoms with Gasteiger partial charge in [0.25, 0.3) is 0 Å². The van der Waals surface area contributed by atoms with Gasteiger partial charge in [-0.2, -0.15) is 5.26 Å². The number of rotatable bonds is 2. The Morgan fingerprint density at radius 3 is 2.90 bits per heavy atom. The Hall–Kier alpha value is -2.39. The number of aliphatic imine (C=N–C) groups is 1. The Labute approximate surface area is 127 Å². The third kappa shape index (κ3) is 2.48. The molecule has 106 valence electrons. The second kappa shape index (κ2) is 5.54. The van der Waals surface area contributed by atoms with Gasteiger partial charge in [0.2, 0.25) is 5.96 Å². The third-order valence-corrected chi connectivity index (χ3v) is 4.27. The van der Waals surface area contributed by atoms with E-state index < -0.39 is 0 Å². The zero-order valence-corrected chi connectivity index (χ0v) is 12.7. The minimum atomic E-state index is -0.0366. The van der Waals surface area contributed by atoms with Crippen LogP contribution < -0.4 is 4.90 Å². The number of benzene rings is 1. The normalized spacial score (nSPS) is 17.7. The van der Waals surface area contributed by atoms with E-state index in [-0.39, 0.29) is 6.04 Å². The Morgan fingerprint density at radius 2 is 2.19 bits per heavy atom. The van der Waals surface area contributed by atoms with Gasteiger partial charge in [-0.05, 0) is 18.2 Å². The second-order valence-electron chi connectivity index (χ2n) is 4.93. The number of guanidine groups is 1. The molecular weight excluding hydrogens is 282 g/mol. The van der Waals surface area contributed by atoms with Crippen LogP contribution in [0.3, 0.4) is 0 Å². The lowest BCUT2D eigenvalue weighted by Gasteiger charge is -2.34. The van der Waals surface area contributed by atoms with Crippen LogP contribution in [0.1, 0.15) is 6.42 Å². The summed E-state index contributed by atoms with van der Waals surface area (Å²) in [5.41, 5.74) is 0.973. The first-order valence-corrected chi connectivity index (χ1v) is 7.46. The van der Waals surface area contributed by atoms with Gasteiger partial charge in [-0.15, -0.1) is 0 Å². The molecule has 1 aromatic heterocycles. The molecule has 1 unspecified atom stereocenters. The molecule has 3 rings (SSSR count). The molecule has 0 aliphatic carbocycles. The molecule has 0 radical (unpaired) electrons. The summed E-state index contributed by atoms with van der Waals surface area (Å²) in [7, 11) is 3.89. The molecule has 1 aliphatic heterocycles. The van der Waals surface area contributed by atoms with Crippen LogP contribution in [-0.2, 0) is 0 Å². The molecule has 21 heavy (non-hydrogen) atoms. The van der Waals surface area contributed by atoms with Crippen molar-refractivity contribution in [3.63, 3.8) is 0 Å². The molecule has 2 heterocycles. The van der Waals surface area contributed by atoms with Gasteiger partial charge in [0.05, 0.1) is 28.7 Å². The highest BCUT2D eigenvalue weighted by atomic mass is 32.1. The zero-order chi connectivity index (χ0) is 14.8. The summed E-state index contributed by atoms with van der Waals surface area (Å²) in [6.45, 7) is 0. The van der Waals surface area contributed by atoms with E-state index in [9.17, 15) is 0 Å². The van der Waals surface area contributed by atoms with Crippen molar-refractivity contribution in [2.75, 3.05) is 19.0 Å². The molecule has 2 aromatic rings. The summed E-state index contributed by atoms with van der Waals surface area (Å²) in [5.74, 6) is 0.803. The second-order valence-corrected chi connectivity index (χ2v) is 5.94. The SMILES string of the molecule is CN(C)C1=NC=CC(CC#N)N1c1nc2ccccc2s1. The predicted octanol–water partition coefficient (Wildman–Crippen LogP) is 2.83. The van der Waals surface area contributed by atoms with Crippen LogP contribution in [0.5, 0.6) is 0 Å². The van der Waals surface area contributed by atoms with Gasteiger partial charge in [-0.25, -0.2) is 9.98 Å². The first-order chi connectivity index (χ1) is 10.2. The van der Waals surface area contributed by atoms with E-state index in [1.165, 1.54) is 0 Å². The number of para-hydroxylation sites is 1. The Kier molecular flexibility index (Phi) is 3.59. The van der Waals surface area contributed by atoms with Gasteiger partial charge < -0.3 is 4.90 Å². The fourth-order valence-electron chi connectivity index (χ4n) is 2.28. The van der Waals surface area contributed by atoms with Crippen LogP contribution in [-0.4, -0.2) is 36.0 Å². The smallest absolute Gasteiger partial charge is 0.207 e. The maximum atomic E-state index is 9.07. The molecule has 1 aromatic carbocycles. The summed E-state index contributed by atoms with van der Waals surface area (Å²) < 4.78 is 1.14. The molecule has 6 heteroatoms. The first kappa shape index (κ1) is 13.6. The van der Waals surface area contributed by atoms with Crippen molar-refractivity contribution in [1.82, 2.24) is 9.88 Å². The summed E-state index contributed by atoms with van der Waals surface area (Å²) >= 11 is 1.62. The van der Waals surface area contributed by atoms with Gasteiger partial charge in [0.1, 0.15) is 0 Å². The molecule has 0 saturated heterocycles. The van der Waals surface area contributed by atoms with E-state index in [4.69, 9.17) is 10.2 Å². The molecule has 0 bridgehead atoms. The molecule has 0 saturated carbocycles.